The van der Waals surface area contributed by atoms with E-state index >= 15 is 0 Å². The molecule has 13 heavy (non-hydrogen) atoms. The molecule has 0 saturated carbocycles. The van der Waals surface area contributed by atoms with E-state index in [2.05, 4.69) is 15.9 Å². The molecule has 68 valence electrons. The van der Waals surface area contributed by atoms with E-state index in [1.165, 1.54) is 0 Å². The fourth-order valence-electron chi connectivity index (χ4n) is 1.65. The molecule has 1 aromatic carbocycles. The van der Waals surface area contributed by atoms with E-state index in [0.717, 1.165) is 15.6 Å². The first-order chi connectivity index (χ1) is 6.11. The summed E-state index contributed by atoms with van der Waals surface area (Å²) in [5, 5.41) is 0. The van der Waals surface area contributed by atoms with E-state index in [4.69, 9.17) is 0 Å². The fourth-order valence-corrected chi connectivity index (χ4v) is 2.03. The van der Waals surface area contributed by atoms with Crippen LogP contribution in [-0.2, 0) is 0 Å². The summed E-state index contributed by atoms with van der Waals surface area (Å²) in [6, 6.07) is 5.99. The third-order valence-electron chi connectivity index (χ3n) is 2.60. The summed E-state index contributed by atoms with van der Waals surface area (Å²) in [6.07, 6.45) is 0. The predicted octanol–water partition coefficient (Wildman–Crippen LogP) is 2.60. The summed E-state index contributed by atoms with van der Waals surface area (Å²) >= 11 is 3.40. The van der Waals surface area contributed by atoms with Gasteiger partial charge in [0.2, 0.25) is 0 Å². The standard InChI is InChI=1S/C10H10BrNO/c1-6-9-5-7(11)3-4-8(9)10(13)12(6)2/h3-6H,1-2H3. The molecule has 0 fully saturated rings. The minimum atomic E-state index is 0.120. The smallest absolute Gasteiger partial charge is 0.254 e. The molecule has 1 aliphatic rings. The highest BCUT2D eigenvalue weighted by atomic mass is 79.9. The Balaban J connectivity index is 2.60. The van der Waals surface area contributed by atoms with Gasteiger partial charge in [-0.15, -0.1) is 0 Å². The monoisotopic (exact) mass is 239 g/mol. The number of carbonyl (C=O) groups excluding carboxylic acids is 1. The largest absolute Gasteiger partial charge is 0.335 e. The molecule has 1 amide bonds. The Labute approximate surface area is 85.7 Å². The fraction of sp³-hybridized carbons (Fsp3) is 0.300. The second kappa shape index (κ2) is 2.84. The summed E-state index contributed by atoms with van der Waals surface area (Å²) in [5.41, 5.74) is 1.94. The second-order valence-corrected chi connectivity index (χ2v) is 4.24. The van der Waals surface area contributed by atoms with Gasteiger partial charge in [-0.1, -0.05) is 15.9 Å². The number of hydrogen-bond donors (Lipinski definition) is 0. The zero-order valence-corrected chi connectivity index (χ0v) is 9.13. The highest BCUT2D eigenvalue weighted by Gasteiger charge is 2.30. The van der Waals surface area contributed by atoms with E-state index in [-0.39, 0.29) is 11.9 Å². The topological polar surface area (TPSA) is 20.3 Å². The lowest BCUT2D eigenvalue weighted by atomic mass is 10.1. The van der Waals surface area contributed by atoms with Crippen LogP contribution in [0.3, 0.4) is 0 Å². The Bertz CT molecular complexity index is 375. The number of amides is 1. The van der Waals surface area contributed by atoms with Crippen LogP contribution in [0.25, 0.3) is 0 Å². The first-order valence-electron chi connectivity index (χ1n) is 4.18. The van der Waals surface area contributed by atoms with Gasteiger partial charge in [0, 0.05) is 17.1 Å². The van der Waals surface area contributed by atoms with Crippen LogP contribution < -0.4 is 0 Å². The normalized spacial score (nSPS) is 20.7. The van der Waals surface area contributed by atoms with E-state index in [9.17, 15) is 4.79 Å². The summed E-state index contributed by atoms with van der Waals surface area (Å²) in [6.45, 7) is 2.04. The Kier molecular flexibility index (Phi) is 1.91. The summed E-state index contributed by atoms with van der Waals surface area (Å²) in [5.74, 6) is 0.120. The van der Waals surface area contributed by atoms with Gasteiger partial charge in [0.05, 0.1) is 6.04 Å². The molecule has 1 unspecified atom stereocenters. The maximum absolute atomic E-state index is 11.6. The van der Waals surface area contributed by atoms with Gasteiger partial charge < -0.3 is 4.90 Å². The number of carbonyl (C=O) groups is 1. The van der Waals surface area contributed by atoms with Gasteiger partial charge in [-0.05, 0) is 30.7 Å². The van der Waals surface area contributed by atoms with Crippen molar-refractivity contribution in [3.05, 3.63) is 33.8 Å². The van der Waals surface area contributed by atoms with Crippen molar-refractivity contribution in [2.45, 2.75) is 13.0 Å². The number of benzene rings is 1. The Morgan fingerprint density at radius 3 is 2.85 bits per heavy atom. The quantitative estimate of drug-likeness (QED) is 0.682. The lowest BCUT2D eigenvalue weighted by Crippen LogP contribution is -2.20. The first kappa shape index (κ1) is 8.75. The van der Waals surface area contributed by atoms with E-state index < -0.39 is 0 Å². The average Bonchev–Trinajstić information content (AvgIpc) is 2.32. The van der Waals surface area contributed by atoms with Crippen LogP contribution >= 0.6 is 15.9 Å². The number of halogens is 1. The maximum atomic E-state index is 11.6. The third-order valence-corrected chi connectivity index (χ3v) is 3.09. The molecule has 0 spiro atoms. The van der Waals surface area contributed by atoms with Crippen molar-refractivity contribution in [3.63, 3.8) is 0 Å². The number of hydrogen-bond acceptors (Lipinski definition) is 1. The van der Waals surface area contributed by atoms with E-state index in [0.29, 0.717) is 0 Å². The highest BCUT2D eigenvalue weighted by Crippen LogP contribution is 2.33. The zero-order valence-electron chi connectivity index (χ0n) is 7.54. The lowest BCUT2D eigenvalue weighted by Gasteiger charge is -2.14. The molecule has 2 rings (SSSR count). The molecule has 0 bridgehead atoms. The Hall–Kier alpha value is -0.830. The SMILES string of the molecule is CC1c2cc(Br)ccc2C(=O)N1C. The lowest BCUT2D eigenvalue weighted by molar-refractivity contribution is 0.0784. The van der Waals surface area contributed by atoms with Crippen molar-refractivity contribution >= 4 is 21.8 Å². The van der Waals surface area contributed by atoms with Gasteiger partial charge in [0.15, 0.2) is 0 Å². The molecule has 1 aliphatic heterocycles. The summed E-state index contributed by atoms with van der Waals surface area (Å²) < 4.78 is 1.03. The molecule has 1 aromatic rings. The van der Waals surface area contributed by atoms with Crippen molar-refractivity contribution in [2.75, 3.05) is 7.05 Å². The second-order valence-electron chi connectivity index (χ2n) is 3.32. The van der Waals surface area contributed by atoms with Gasteiger partial charge in [0.25, 0.3) is 5.91 Å². The van der Waals surface area contributed by atoms with Gasteiger partial charge in [-0.3, -0.25) is 4.79 Å². The van der Waals surface area contributed by atoms with Crippen molar-refractivity contribution < 1.29 is 4.79 Å². The zero-order chi connectivity index (χ0) is 9.59. The van der Waals surface area contributed by atoms with Crippen molar-refractivity contribution in [2.24, 2.45) is 0 Å². The first-order valence-corrected chi connectivity index (χ1v) is 4.97. The van der Waals surface area contributed by atoms with Crippen LogP contribution in [0, 0.1) is 0 Å². The van der Waals surface area contributed by atoms with Crippen molar-refractivity contribution in [3.8, 4) is 0 Å². The maximum Gasteiger partial charge on any atom is 0.254 e. The molecule has 0 aromatic heterocycles. The number of fused-ring (bicyclic) bond motifs is 1. The third kappa shape index (κ3) is 1.18. The molecule has 0 N–H and O–H groups in total. The Morgan fingerprint density at radius 2 is 2.15 bits per heavy atom. The molecule has 1 atom stereocenters. The molecule has 0 aliphatic carbocycles. The van der Waals surface area contributed by atoms with Gasteiger partial charge in [-0.25, -0.2) is 0 Å². The van der Waals surface area contributed by atoms with Crippen molar-refractivity contribution in [1.29, 1.82) is 0 Å². The predicted molar refractivity (Wildman–Crippen MR) is 54.7 cm³/mol. The van der Waals surface area contributed by atoms with Crippen LogP contribution in [0.15, 0.2) is 22.7 Å². The summed E-state index contributed by atoms with van der Waals surface area (Å²) in [7, 11) is 1.83. The molecule has 1 heterocycles. The summed E-state index contributed by atoms with van der Waals surface area (Å²) in [4.78, 5) is 13.4. The van der Waals surface area contributed by atoms with Crippen LogP contribution in [-0.4, -0.2) is 17.9 Å². The van der Waals surface area contributed by atoms with E-state index in [1.54, 1.807) is 4.90 Å². The van der Waals surface area contributed by atoms with Crippen LogP contribution in [0.1, 0.15) is 28.9 Å². The molecular weight excluding hydrogens is 230 g/mol. The highest BCUT2D eigenvalue weighted by molar-refractivity contribution is 9.10. The Morgan fingerprint density at radius 1 is 1.46 bits per heavy atom. The van der Waals surface area contributed by atoms with Gasteiger partial charge in [0.1, 0.15) is 0 Å². The number of nitrogens with zero attached hydrogens (tertiary/aromatic N) is 1. The van der Waals surface area contributed by atoms with E-state index in [1.807, 2.05) is 32.2 Å². The molecule has 0 radical (unpaired) electrons. The van der Waals surface area contributed by atoms with Crippen molar-refractivity contribution in [1.82, 2.24) is 4.90 Å². The van der Waals surface area contributed by atoms with Gasteiger partial charge >= 0.3 is 0 Å². The van der Waals surface area contributed by atoms with Gasteiger partial charge in [-0.2, -0.15) is 0 Å². The minimum Gasteiger partial charge on any atom is -0.335 e. The van der Waals surface area contributed by atoms with Crippen LogP contribution in [0.5, 0.6) is 0 Å². The molecule has 0 saturated heterocycles. The molecule has 2 nitrogen and oxygen atoms in total. The minimum absolute atomic E-state index is 0.120. The average molecular weight is 240 g/mol. The number of rotatable bonds is 0. The molecular formula is C10H10BrNO. The molecule has 3 heteroatoms. The van der Waals surface area contributed by atoms with Crippen LogP contribution in [0.2, 0.25) is 0 Å². The van der Waals surface area contributed by atoms with Crippen LogP contribution in [0.4, 0.5) is 0 Å².